The fraction of sp³-hybridized carbons (Fsp3) is 0.429. The van der Waals surface area contributed by atoms with E-state index in [0.29, 0.717) is 25.0 Å². The van der Waals surface area contributed by atoms with Gasteiger partial charge >= 0.3 is 0 Å². The van der Waals surface area contributed by atoms with Gasteiger partial charge in [0.15, 0.2) is 0 Å². The molecule has 0 bridgehead atoms. The Balaban J connectivity index is 1.75. The summed E-state index contributed by atoms with van der Waals surface area (Å²) in [4.78, 5) is 0. The second-order valence-electron chi connectivity index (χ2n) is 4.58. The van der Waals surface area contributed by atoms with Crippen LogP contribution in [0.3, 0.4) is 0 Å². The van der Waals surface area contributed by atoms with E-state index in [2.05, 4.69) is 34.6 Å². The predicted octanol–water partition coefficient (Wildman–Crippen LogP) is 1.92. The van der Waals surface area contributed by atoms with Gasteiger partial charge in [0.1, 0.15) is 0 Å². The van der Waals surface area contributed by atoms with E-state index in [-0.39, 0.29) is 0 Å². The van der Waals surface area contributed by atoms with Gasteiger partial charge in [0, 0.05) is 18.5 Å². The molecule has 0 aliphatic carbocycles. The number of hydrogen-bond donors (Lipinski definition) is 1. The Hall–Kier alpha value is -1.72. The molecule has 1 N–H and O–H groups in total. The monoisotopic (exact) mass is 259 g/mol. The van der Waals surface area contributed by atoms with Gasteiger partial charge in [-0.3, -0.25) is 0 Å². The van der Waals surface area contributed by atoms with Gasteiger partial charge in [0.25, 0.3) is 0 Å². The van der Waals surface area contributed by atoms with Crippen molar-refractivity contribution in [3.8, 4) is 11.5 Å². The number of nitrogens with one attached hydrogen (secondary N) is 1. The van der Waals surface area contributed by atoms with Crippen molar-refractivity contribution in [1.29, 1.82) is 0 Å². The van der Waals surface area contributed by atoms with Crippen molar-refractivity contribution < 1.29 is 9.15 Å². The van der Waals surface area contributed by atoms with Crippen LogP contribution >= 0.6 is 0 Å². The molecule has 1 aromatic heterocycles. The summed E-state index contributed by atoms with van der Waals surface area (Å²) < 4.78 is 11.1. The van der Waals surface area contributed by atoms with Gasteiger partial charge in [0.2, 0.25) is 11.8 Å². The molecule has 5 heteroatoms. The average Bonchev–Trinajstić information content (AvgIpc) is 3.06. The highest BCUT2D eigenvalue weighted by Gasteiger charge is 2.14. The third kappa shape index (κ3) is 2.67. The maximum Gasteiger partial charge on any atom is 0.247 e. The molecule has 100 valence electrons. The number of fused-ring (bicyclic) bond motifs is 1. The van der Waals surface area contributed by atoms with E-state index in [9.17, 15) is 0 Å². The Bertz CT molecular complexity index is 566. The number of hydrogen-bond acceptors (Lipinski definition) is 5. The van der Waals surface area contributed by atoms with Crippen LogP contribution in [0.15, 0.2) is 22.6 Å². The van der Waals surface area contributed by atoms with Crippen LogP contribution in [0, 0.1) is 0 Å². The summed E-state index contributed by atoms with van der Waals surface area (Å²) in [5.41, 5.74) is 3.42. The first-order valence-electron chi connectivity index (χ1n) is 6.60. The lowest BCUT2D eigenvalue weighted by Gasteiger charge is -1.99. The molecule has 2 aromatic rings. The number of benzene rings is 1. The molecule has 1 aliphatic heterocycles. The Morgan fingerprint density at radius 2 is 2.11 bits per heavy atom. The van der Waals surface area contributed by atoms with E-state index in [4.69, 9.17) is 9.15 Å². The van der Waals surface area contributed by atoms with Crippen molar-refractivity contribution in [2.24, 2.45) is 0 Å². The van der Waals surface area contributed by atoms with Crippen LogP contribution in [0.2, 0.25) is 0 Å². The molecular weight excluding hydrogens is 242 g/mol. The Morgan fingerprint density at radius 3 is 3.00 bits per heavy atom. The van der Waals surface area contributed by atoms with Crippen molar-refractivity contribution in [2.75, 3.05) is 13.1 Å². The topological polar surface area (TPSA) is 60.2 Å². The lowest BCUT2D eigenvalue weighted by molar-refractivity contribution is 0.134. The van der Waals surface area contributed by atoms with Crippen LogP contribution in [-0.4, -0.2) is 23.3 Å². The third-order valence-corrected chi connectivity index (χ3v) is 3.20. The van der Waals surface area contributed by atoms with Gasteiger partial charge in [-0.15, -0.1) is 10.2 Å². The van der Waals surface area contributed by atoms with Crippen molar-refractivity contribution in [3.63, 3.8) is 0 Å². The normalized spacial score (nSPS) is 13.7. The third-order valence-electron chi connectivity index (χ3n) is 3.20. The van der Waals surface area contributed by atoms with E-state index < -0.39 is 0 Å². The average molecular weight is 259 g/mol. The zero-order valence-electron chi connectivity index (χ0n) is 11.0. The van der Waals surface area contributed by atoms with Crippen LogP contribution in [0.1, 0.15) is 23.9 Å². The minimum atomic E-state index is 0.584. The maximum atomic E-state index is 5.67. The molecule has 0 radical (unpaired) electrons. The SMILES string of the molecule is CCNCCc1nnc(-c2ccc3c(c2)COC3)o1. The maximum absolute atomic E-state index is 5.67. The molecular formula is C14H17N3O2. The molecule has 5 nitrogen and oxygen atoms in total. The molecule has 0 saturated carbocycles. The van der Waals surface area contributed by atoms with E-state index in [0.717, 1.165) is 25.1 Å². The van der Waals surface area contributed by atoms with E-state index in [1.807, 2.05) is 6.07 Å². The number of likely N-dealkylation sites (N-methyl/N-ethyl adjacent to an activating group) is 1. The fourth-order valence-corrected chi connectivity index (χ4v) is 2.15. The Labute approximate surface area is 112 Å². The lowest BCUT2D eigenvalue weighted by atomic mass is 10.1. The molecule has 2 heterocycles. The van der Waals surface area contributed by atoms with Crippen molar-refractivity contribution in [1.82, 2.24) is 15.5 Å². The summed E-state index contributed by atoms with van der Waals surface area (Å²) in [5.74, 6) is 1.26. The summed E-state index contributed by atoms with van der Waals surface area (Å²) in [7, 11) is 0. The smallest absolute Gasteiger partial charge is 0.247 e. The molecule has 0 spiro atoms. The first-order valence-corrected chi connectivity index (χ1v) is 6.60. The van der Waals surface area contributed by atoms with Gasteiger partial charge in [-0.25, -0.2) is 0 Å². The zero-order chi connectivity index (χ0) is 13.1. The number of rotatable bonds is 5. The van der Waals surface area contributed by atoms with Gasteiger partial charge in [-0.05, 0) is 29.8 Å². The molecule has 1 aliphatic rings. The standard InChI is InChI=1S/C14H17N3O2/c1-2-15-6-5-13-16-17-14(19-13)10-3-4-11-8-18-9-12(11)7-10/h3-4,7,15H,2,5-6,8-9H2,1H3. The van der Waals surface area contributed by atoms with E-state index >= 15 is 0 Å². The summed E-state index contributed by atoms with van der Waals surface area (Å²) in [6, 6.07) is 6.15. The van der Waals surface area contributed by atoms with Crippen LogP contribution in [0.4, 0.5) is 0 Å². The minimum Gasteiger partial charge on any atom is -0.421 e. The second-order valence-corrected chi connectivity index (χ2v) is 4.58. The van der Waals surface area contributed by atoms with Crippen LogP contribution in [-0.2, 0) is 24.4 Å². The lowest BCUT2D eigenvalue weighted by Crippen LogP contribution is -2.16. The Kier molecular flexibility index (Phi) is 3.57. The van der Waals surface area contributed by atoms with Gasteiger partial charge in [0.05, 0.1) is 13.2 Å². The summed E-state index contributed by atoms with van der Waals surface area (Å²) in [6.45, 7) is 5.26. The first kappa shape index (κ1) is 12.3. The number of aromatic nitrogens is 2. The summed E-state index contributed by atoms with van der Waals surface area (Å²) >= 11 is 0. The van der Waals surface area contributed by atoms with Gasteiger partial charge in [-0.2, -0.15) is 0 Å². The molecule has 3 rings (SSSR count). The van der Waals surface area contributed by atoms with Crippen molar-refractivity contribution in [3.05, 3.63) is 35.2 Å². The molecule has 0 amide bonds. The number of nitrogens with zero attached hydrogens (tertiary/aromatic N) is 2. The van der Waals surface area contributed by atoms with E-state index in [1.54, 1.807) is 0 Å². The molecule has 0 saturated heterocycles. The zero-order valence-corrected chi connectivity index (χ0v) is 11.0. The molecule has 0 unspecified atom stereocenters. The highest BCUT2D eigenvalue weighted by molar-refractivity contribution is 5.55. The van der Waals surface area contributed by atoms with Crippen molar-refractivity contribution in [2.45, 2.75) is 26.6 Å². The van der Waals surface area contributed by atoms with Crippen LogP contribution in [0.5, 0.6) is 0 Å². The van der Waals surface area contributed by atoms with Crippen molar-refractivity contribution >= 4 is 0 Å². The minimum absolute atomic E-state index is 0.584. The largest absolute Gasteiger partial charge is 0.421 e. The first-order chi connectivity index (χ1) is 9.36. The number of ether oxygens (including phenoxy) is 1. The highest BCUT2D eigenvalue weighted by atomic mass is 16.5. The molecule has 0 fully saturated rings. The van der Waals surface area contributed by atoms with Gasteiger partial charge in [-0.1, -0.05) is 13.0 Å². The highest BCUT2D eigenvalue weighted by Crippen LogP contribution is 2.26. The second kappa shape index (κ2) is 5.50. The van der Waals surface area contributed by atoms with Crippen LogP contribution in [0.25, 0.3) is 11.5 Å². The molecule has 0 atom stereocenters. The quantitative estimate of drug-likeness (QED) is 0.831. The van der Waals surface area contributed by atoms with Crippen LogP contribution < -0.4 is 5.32 Å². The summed E-state index contributed by atoms with van der Waals surface area (Å²) in [5, 5.41) is 11.4. The van der Waals surface area contributed by atoms with Gasteiger partial charge < -0.3 is 14.5 Å². The fourth-order valence-electron chi connectivity index (χ4n) is 2.15. The Morgan fingerprint density at radius 1 is 1.21 bits per heavy atom. The van der Waals surface area contributed by atoms with E-state index in [1.165, 1.54) is 11.1 Å². The molecule has 1 aromatic carbocycles. The molecule has 19 heavy (non-hydrogen) atoms. The predicted molar refractivity (Wildman–Crippen MR) is 70.5 cm³/mol. The summed E-state index contributed by atoms with van der Waals surface area (Å²) in [6.07, 6.45) is 0.759.